The van der Waals surface area contributed by atoms with Crippen LogP contribution < -0.4 is 5.11 Å². The van der Waals surface area contributed by atoms with Gasteiger partial charge in [-0.2, -0.15) is 0 Å². The second-order valence-electron chi connectivity index (χ2n) is 6.32. The van der Waals surface area contributed by atoms with Gasteiger partial charge in [-0.1, -0.05) is 29.8 Å². The number of thioether (sulfide) groups is 1. The molecule has 6 heteroatoms. The fourth-order valence-corrected chi connectivity index (χ4v) is 3.62. The first-order valence-corrected chi connectivity index (χ1v) is 8.14. The molecule has 0 radical (unpaired) electrons. The molecule has 1 fully saturated rings. The zero-order valence-corrected chi connectivity index (χ0v) is 14.0. The van der Waals surface area contributed by atoms with E-state index in [9.17, 15) is 14.7 Å². The highest BCUT2D eigenvalue weighted by atomic mass is 32.2. The standard InChI is InChI=1S/C16H21NO4S/c1-10-5-7-11(8-6-10)13-17(12(9-22-13)14(18)19)15(20)21-16(2,3)4/h5-8,12-13H,9H2,1-4H3,(H,18,19)/p-1/t12-,13+/m0/s1. The second kappa shape index (κ2) is 6.20. The van der Waals surface area contributed by atoms with Crippen LogP contribution in [0.1, 0.15) is 37.3 Å². The summed E-state index contributed by atoms with van der Waals surface area (Å²) in [5.41, 5.74) is 1.30. The molecule has 1 amide bonds. The lowest BCUT2D eigenvalue weighted by atomic mass is 10.1. The summed E-state index contributed by atoms with van der Waals surface area (Å²) in [4.78, 5) is 25.0. The first-order valence-electron chi connectivity index (χ1n) is 7.09. The molecule has 0 unspecified atom stereocenters. The van der Waals surface area contributed by atoms with Crippen LogP contribution in [0.2, 0.25) is 0 Å². The largest absolute Gasteiger partial charge is 0.548 e. The van der Waals surface area contributed by atoms with Crippen LogP contribution in [-0.2, 0) is 9.53 Å². The number of nitrogens with zero attached hydrogens (tertiary/aromatic N) is 1. The molecule has 1 saturated heterocycles. The van der Waals surface area contributed by atoms with E-state index in [2.05, 4.69) is 0 Å². The molecule has 0 saturated carbocycles. The summed E-state index contributed by atoms with van der Waals surface area (Å²) in [6, 6.07) is 6.71. The van der Waals surface area contributed by atoms with Crippen LogP contribution in [0.4, 0.5) is 4.79 Å². The number of rotatable bonds is 2. The van der Waals surface area contributed by atoms with Gasteiger partial charge in [0.05, 0.1) is 12.0 Å². The number of ether oxygens (including phenoxy) is 1. The van der Waals surface area contributed by atoms with Gasteiger partial charge in [-0.05, 0) is 33.3 Å². The van der Waals surface area contributed by atoms with Crippen molar-refractivity contribution in [3.8, 4) is 0 Å². The lowest BCUT2D eigenvalue weighted by Crippen LogP contribution is -2.50. The molecule has 5 nitrogen and oxygen atoms in total. The number of carbonyl (C=O) groups is 2. The summed E-state index contributed by atoms with van der Waals surface area (Å²) in [6.07, 6.45) is -0.628. The monoisotopic (exact) mass is 322 g/mol. The van der Waals surface area contributed by atoms with Crippen LogP contribution in [-0.4, -0.2) is 34.4 Å². The Labute approximate surface area is 134 Å². The molecule has 2 rings (SSSR count). The van der Waals surface area contributed by atoms with E-state index in [1.165, 1.54) is 16.7 Å². The highest BCUT2D eigenvalue weighted by Gasteiger charge is 2.41. The summed E-state index contributed by atoms with van der Waals surface area (Å²) in [7, 11) is 0. The van der Waals surface area contributed by atoms with Gasteiger partial charge in [-0.25, -0.2) is 4.79 Å². The number of aliphatic carboxylic acids is 1. The molecule has 0 aromatic heterocycles. The number of hydrogen-bond donors (Lipinski definition) is 0. The van der Waals surface area contributed by atoms with Gasteiger partial charge in [0.25, 0.3) is 0 Å². The Balaban J connectivity index is 2.30. The summed E-state index contributed by atoms with van der Waals surface area (Å²) in [5, 5.41) is 11.0. The van der Waals surface area contributed by atoms with Gasteiger partial charge in [0.15, 0.2) is 0 Å². The van der Waals surface area contributed by atoms with Crippen molar-refractivity contribution in [3.63, 3.8) is 0 Å². The van der Waals surface area contributed by atoms with Gasteiger partial charge in [-0.15, -0.1) is 11.8 Å². The Bertz CT molecular complexity index is 565. The lowest BCUT2D eigenvalue weighted by Gasteiger charge is -2.32. The average molecular weight is 322 g/mol. The van der Waals surface area contributed by atoms with Gasteiger partial charge >= 0.3 is 6.09 Å². The molecule has 2 atom stereocenters. The number of carbonyl (C=O) groups excluding carboxylic acids is 2. The number of carboxylic acids is 1. The third kappa shape index (κ3) is 3.74. The van der Waals surface area contributed by atoms with Crippen molar-refractivity contribution in [2.45, 2.75) is 44.7 Å². The molecule has 0 aliphatic carbocycles. The molecule has 1 aliphatic heterocycles. The van der Waals surface area contributed by atoms with Crippen molar-refractivity contribution in [2.75, 3.05) is 5.75 Å². The van der Waals surface area contributed by atoms with E-state index in [0.717, 1.165) is 11.1 Å². The maximum absolute atomic E-state index is 12.4. The van der Waals surface area contributed by atoms with Crippen molar-refractivity contribution in [1.82, 2.24) is 4.90 Å². The highest BCUT2D eigenvalue weighted by Crippen LogP contribution is 2.42. The predicted molar refractivity (Wildman–Crippen MR) is 83.2 cm³/mol. The molecule has 0 spiro atoms. The molecule has 0 N–H and O–H groups in total. The van der Waals surface area contributed by atoms with E-state index < -0.39 is 23.7 Å². The number of aryl methyl sites for hydroxylation is 1. The normalized spacial score (nSPS) is 21.7. The van der Waals surface area contributed by atoms with E-state index >= 15 is 0 Å². The fourth-order valence-electron chi connectivity index (χ4n) is 2.21. The molecule has 0 bridgehead atoms. The summed E-state index contributed by atoms with van der Waals surface area (Å²) in [5.74, 6) is -0.965. The molecule has 1 aromatic rings. The van der Waals surface area contributed by atoms with Gasteiger partial charge in [-0.3, -0.25) is 4.90 Å². The Hall–Kier alpha value is -1.69. The summed E-state index contributed by atoms with van der Waals surface area (Å²) >= 11 is 1.40. The van der Waals surface area contributed by atoms with Crippen LogP contribution in [0.15, 0.2) is 24.3 Å². The number of hydrogen-bond acceptors (Lipinski definition) is 5. The maximum atomic E-state index is 12.4. The van der Waals surface area contributed by atoms with Crippen molar-refractivity contribution < 1.29 is 19.4 Å². The third-order valence-corrected chi connectivity index (χ3v) is 4.56. The average Bonchev–Trinajstić information content (AvgIpc) is 2.82. The number of benzene rings is 1. The molecule has 22 heavy (non-hydrogen) atoms. The Morgan fingerprint density at radius 3 is 2.36 bits per heavy atom. The van der Waals surface area contributed by atoms with E-state index in [1.54, 1.807) is 20.8 Å². The molecule has 1 aliphatic rings. The van der Waals surface area contributed by atoms with Crippen LogP contribution in [0.25, 0.3) is 0 Å². The zero-order valence-electron chi connectivity index (χ0n) is 13.2. The van der Waals surface area contributed by atoms with Crippen LogP contribution >= 0.6 is 11.8 Å². The van der Waals surface area contributed by atoms with E-state index in [4.69, 9.17) is 4.74 Å². The van der Waals surface area contributed by atoms with Crippen LogP contribution in [0, 0.1) is 6.92 Å². The van der Waals surface area contributed by atoms with Gasteiger partial charge < -0.3 is 14.6 Å². The minimum Gasteiger partial charge on any atom is -0.548 e. The molecule has 1 heterocycles. The minimum absolute atomic E-state index is 0.292. The van der Waals surface area contributed by atoms with E-state index in [-0.39, 0.29) is 5.37 Å². The lowest BCUT2D eigenvalue weighted by molar-refractivity contribution is -0.310. The SMILES string of the molecule is Cc1ccc([C@H]2SC[C@@H](C(=O)[O-])N2C(=O)OC(C)(C)C)cc1. The van der Waals surface area contributed by atoms with Gasteiger partial charge in [0.1, 0.15) is 11.0 Å². The zero-order chi connectivity index (χ0) is 16.5. The predicted octanol–water partition coefficient (Wildman–Crippen LogP) is 2.10. The third-order valence-electron chi connectivity index (χ3n) is 3.24. The summed E-state index contributed by atoms with van der Waals surface area (Å²) in [6.45, 7) is 7.23. The quantitative estimate of drug-likeness (QED) is 0.834. The van der Waals surface area contributed by atoms with Gasteiger partial charge in [0.2, 0.25) is 0 Å². The van der Waals surface area contributed by atoms with Crippen molar-refractivity contribution >= 4 is 23.8 Å². The number of carboxylic acid groups (broad SMARTS) is 1. The number of amides is 1. The Kier molecular flexibility index (Phi) is 4.70. The van der Waals surface area contributed by atoms with Crippen molar-refractivity contribution in [1.29, 1.82) is 0 Å². The van der Waals surface area contributed by atoms with Crippen molar-refractivity contribution in [3.05, 3.63) is 35.4 Å². The first kappa shape index (κ1) is 16.7. The van der Waals surface area contributed by atoms with Crippen LogP contribution in [0.3, 0.4) is 0 Å². The molecular weight excluding hydrogens is 302 g/mol. The molecule has 1 aromatic carbocycles. The maximum Gasteiger partial charge on any atom is 0.412 e. The smallest absolute Gasteiger partial charge is 0.412 e. The fraction of sp³-hybridized carbons (Fsp3) is 0.500. The summed E-state index contributed by atoms with van der Waals surface area (Å²) < 4.78 is 5.36. The minimum atomic E-state index is -1.26. The van der Waals surface area contributed by atoms with E-state index in [1.807, 2.05) is 31.2 Å². The van der Waals surface area contributed by atoms with Gasteiger partial charge in [0, 0.05) is 5.75 Å². The highest BCUT2D eigenvalue weighted by molar-refractivity contribution is 7.99. The first-order chi connectivity index (χ1) is 10.2. The van der Waals surface area contributed by atoms with E-state index in [0.29, 0.717) is 5.75 Å². The van der Waals surface area contributed by atoms with Crippen molar-refractivity contribution in [2.24, 2.45) is 0 Å². The topological polar surface area (TPSA) is 69.7 Å². The molecule has 120 valence electrons. The second-order valence-corrected chi connectivity index (χ2v) is 7.43. The Morgan fingerprint density at radius 2 is 1.86 bits per heavy atom. The van der Waals surface area contributed by atoms with Crippen LogP contribution in [0.5, 0.6) is 0 Å². The molecular formula is C16H20NO4S-. The Morgan fingerprint density at radius 1 is 1.27 bits per heavy atom.